The minimum absolute atomic E-state index is 0.109. The van der Waals surface area contributed by atoms with E-state index in [1.165, 1.54) is 0 Å². The van der Waals surface area contributed by atoms with Crippen molar-refractivity contribution >= 4 is 5.91 Å². The van der Waals surface area contributed by atoms with E-state index in [2.05, 4.69) is 17.1 Å². The molecule has 88 valence electrons. The van der Waals surface area contributed by atoms with Crippen LogP contribution in [0.1, 0.15) is 26.7 Å². The molecule has 1 saturated heterocycles. The molecule has 1 aliphatic heterocycles. The molecule has 1 heterocycles. The molecule has 4 nitrogen and oxygen atoms in total. The molecule has 1 aliphatic rings. The zero-order chi connectivity index (χ0) is 11.1. The van der Waals surface area contributed by atoms with E-state index in [1.54, 1.807) is 0 Å². The van der Waals surface area contributed by atoms with Gasteiger partial charge >= 0.3 is 0 Å². The number of nitrogens with zero attached hydrogens (tertiary/aromatic N) is 1. The Labute approximate surface area is 92.0 Å². The quantitative estimate of drug-likeness (QED) is 0.705. The van der Waals surface area contributed by atoms with Crippen LogP contribution in [0.4, 0.5) is 0 Å². The predicted molar refractivity (Wildman–Crippen MR) is 59.8 cm³/mol. The smallest absolute Gasteiger partial charge is 0.234 e. The van der Waals surface area contributed by atoms with Gasteiger partial charge in [-0.1, -0.05) is 6.92 Å². The molecule has 0 aliphatic carbocycles. The van der Waals surface area contributed by atoms with Crippen molar-refractivity contribution in [1.82, 2.24) is 10.2 Å². The third kappa shape index (κ3) is 4.62. The highest BCUT2D eigenvalue weighted by Gasteiger charge is 2.19. The number of hydrogen-bond donors (Lipinski definition) is 1. The van der Waals surface area contributed by atoms with Crippen LogP contribution in [0.15, 0.2) is 0 Å². The second-order valence-corrected chi connectivity index (χ2v) is 3.92. The van der Waals surface area contributed by atoms with Crippen molar-refractivity contribution in [2.45, 2.75) is 32.8 Å². The summed E-state index contributed by atoms with van der Waals surface area (Å²) in [6, 6.07) is 0. The van der Waals surface area contributed by atoms with E-state index in [0.29, 0.717) is 19.2 Å². The van der Waals surface area contributed by atoms with Crippen LogP contribution in [0.3, 0.4) is 0 Å². The Kier molecular flexibility index (Phi) is 5.65. The minimum atomic E-state index is 0.109. The average molecular weight is 214 g/mol. The van der Waals surface area contributed by atoms with Crippen molar-refractivity contribution in [3.05, 3.63) is 0 Å². The summed E-state index contributed by atoms with van der Waals surface area (Å²) in [4.78, 5) is 13.5. The van der Waals surface area contributed by atoms with Crippen LogP contribution in [0, 0.1) is 0 Å². The third-order valence-corrected chi connectivity index (χ3v) is 2.67. The maximum atomic E-state index is 11.4. The van der Waals surface area contributed by atoms with Crippen LogP contribution < -0.4 is 5.32 Å². The average Bonchev–Trinajstić information content (AvgIpc) is 2.70. The van der Waals surface area contributed by atoms with Crippen molar-refractivity contribution in [3.63, 3.8) is 0 Å². The topological polar surface area (TPSA) is 41.6 Å². The molecule has 0 unspecified atom stereocenters. The van der Waals surface area contributed by atoms with Gasteiger partial charge in [0.05, 0.1) is 12.6 Å². The summed E-state index contributed by atoms with van der Waals surface area (Å²) in [5.74, 6) is 0.109. The number of ether oxygens (including phenoxy) is 1. The highest BCUT2D eigenvalue weighted by Crippen LogP contribution is 2.12. The molecule has 0 radical (unpaired) electrons. The van der Waals surface area contributed by atoms with Crippen LogP contribution in [0.25, 0.3) is 0 Å². The van der Waals surface area contributed by atoms with Gasteiger partial charge < -0.3 is 10.1 Å². The van der Waals surface area contributed by atoms with Gasteiger partial charge in [0, 0.05) is 19.7 Å². The molecule has 1 rings (SSSR count). The summed E-state index contributed by atoms with van der Waals surface area (Å²) < 4.78 is 5.55. The van der Waals surface area contributed by atoms with Crippen LogP contribution in [0.2, 0.25) is 0 Å². The Morgan fingerprint density at radius 3 is 2.87 bits per heavy atom. The summed E-state index contributed by atoms with van der Waals surface area (Å²) >= 11 is 0. The van der Waals surface area contributed by atoms with Gasteiger partial charge in [-0.25, -0.2) is 0 Å². The van der Waals surface area contributed by atoms with Crippen molar-refractivity contribution in [2.24, 2.45) is 0 Å². The van der Waals surface area contributed by atoms with Crippen LogP contribution in [-0.4, -0.2) is 49.7 Å². The lowest BCUT2D eigenvalue weighted by molar-refractivity contribution is -0.122. The molecule has 1 amide bonds. The maximum Gasteiger partial charge on any atom is 0.234 e. The number of rotatable bonds is 6. The fraction of sp³-hybridized carbons (Fsp3) is 0.909. The van der Waals surface area contributed by atoms with E-state index in [9.17, 15) is 4.79 Å². The number of hydrogen-bond acceptors (Lipinski definition) is 3. The number of carbonyl (C=O) groups is 1. The molecule has 1 N–H and O–H groups in total. The molecule has 1 atom stereocenters. The molecule has 0 aromatic heterocycles. The zero-order valence-electron chi connectivity index (χ0n) is 9.79. The van der Waals surface area contributed by atoms with E-state index in [0.717, 1.165) is 32.5 Å². The maximum absolute atomic E-state index is 11.4. The van der Waals surface area contributed by atoms with E-state index >= 15 is 0 Å². The molecule has 15 heavy (non-hydrogen) atoms. The monoisotopic (exact) mass is 214 g/mol. The van der Waals surface area contributed by atoms with Gasteiger partial charge in [0.25, 0.3) is 0 Å². The van der Waals surface area contributed by atoms with E-state index < -0.39 is 0 Å². The second kappa shape index (κ2) is 6.80. The summed E-state index contributed by atoms with van der Waals surface area (Å²) in [5.41, 5.74) is 0. The lowest BCUT2D eigenvalue weighted by Gasteiger charge is -2.22. The lowest BCUT2D eigenvalue weighted by Crippen LogP contribution is -2.40. The van der Waals surface area contributed by atoms with E-state index in [-0.39, 0.29) is 5.91 Å². The first-order valence-electron chi connectivity index (χ1n) is 5.87. The highest BCUT2D eigenvalue weighted by atomic mass is 16.5. The van der Waals surface area contributed by atoms with Crippen molar-refractivity contribution in [1.29, 1.82) is 0 Å². The highest BCUT2D eigenvalue weighted by molar-refractivity contribution is 5.77. The van der Waals surface area contributed by atoms with E-state index in [4.69, 9.17) is 4.74 Å². The Balaban J connectivity index is 2.24. The first-order chi connectivity index (χ1) is 7.26. The van der Waals surface area contributed by atoms with Gasteiger partial charge in [0.15, 0.2) is 0 Å². The van der Waals surface area contributed by atoms with Gasteiger partial charge in [-0.2, -0.15) is 0 Å². The largest absolute Gasteiger partial charge is 0.377 e. The molecule has 1 fully saturated rings. The lowest BCUT2D eigenvalue weighted by atomic mass is 10.2. The van der Waals surface area contributed by atoms with Gasteiger partial charge in [0.1, 0.15) is 0 Å². The minimum Gasteiger partial charge on any atom is -0.377 e. The molecule has 0 saturated carbocycles. The molecule has 0 spiro atoms. The summed E-state index contributed by atoms with van der Waals surface area (Å²) in [5, 5.41) is 2.81. The van der Waals surface area contributed by atoms with Crippen molar-refractivity contribution < 1.29 is 9.53 Å². The number of nitrogens with one attached hydrogen (secondary N) is 1. The van der Waals surface area contributed by atoms with Crippen LogP contribution >= 0.6 is 0 Å². The molecular weight excluding hydrogens is 192 g/mol. The molecule has 0 bridgehead atoms. The summed E-state index contributed by atoms with van der Waals surface area (Å²) in [6.45, 7) is 7.87. The van der Waals surface area contributed by atoms with Gasteiger partial charge in [-0.3, -0.25) is 9.69 Å². The Bertz CT molecular complexity index is 191. The normalized spacial score (nSPS) is 20.9. The van der Waals surface area contributed by atoms with Crippen LogP contribution in [0.5, 0.6) is 0 Å². The SMILES string of the molecule is CCNC(=O)CN(CC)C[C@@H]1CCCO1. The fourth-order valence-electron chi connectivity index (χ4n) is 1.84. The Hall–Kier alpha value is -0.610. The van der Waals surface area contributed by atoms with Gasteiger partial charge in [-0.05, 0) is 26.3 Å². The summed E-state index contributed by atoms with van der Waals surface area (Å²) in [6.07, 6.45) is 2.62. The predicted octanol–water partition coefficient (Wildman–Crippen LogP) is 0.623. The molecule has 4 heteroatoms. The molecule has 0 aromatic rings. The first kappa shape index (κ1) is 12.5. The Morgan fingerprint density at radius 2 is 2.33 bits per heavy atom. The van der Waals surface area contributed by atoms with E-state index in [1.807, 2.05) is 6.92 Å². The van der Waals surface area contributed by atoms with Crippen molar-refractivity contribution in [2.75, 3.05) is 32.8 Å². The van der Waals surface area contributed by atoms with Gasteiger partial charge in [-0.15, -0.1) is 0 Å². The van der Waals surface area contributed by atoms with Crippen LogP contribution in [-0.2, 0) is 9.53 Å². The van der Waals surface area contributed by atoms with Crippen molar-refractivity contribution in [3.8, 4) is 0 Å². The Morgan fingerprint density at radius 1 is 1.53 bits per heavy atom. The molecule has 0 aromatic carbocycles. The summed E-state index contributed by atoms with van der Waals surface area (Å²) in [7, 11) is 0. The zero-order valence-corrected chi connectivity index (χ0v) is 9.79. The molecular formula is C11H22N2O2. The third-order valence-electron chi connectivity index (χ3n) is 2.67. The second-order valence-electron chi connectivity index (χ2n) is 3.92. The van der Waals surface area contributed by atoms with Gasteiger partial charge in [0.2, 0.25) is 5.91 Å². The number of amides is 1. The number of carbonyl (C=O) groups excluding carboxylic acids is 1. The first-order valence-corrected chi connectivity index (χ1v) is 5.87. The standard InChI is InChI=1S/C11H22N2O2/c1-3-12-11(14)9-13(4-2)8-10-6-5-7-15-10/h10H,3-9H2,1-2H3,(H,12,14)/t10-/m0/s1. The number of likely N-dealkylation sites (N-methyl/N-ethyl adjacent to an activating group) is 2. The fourth-order valence-corrected chi connectivity index (χ4v) is 1.84.